The monoisotopic (exact) mass is 392 g/mol. The zero-order valence-corrected chi connectivity index (χ0v) is 15.3. The summed E-state index contributed by atoms with van der Waals surface area (Å²) < 4.78 is 37.1. The van der Waals surface area contributed by atoms with Gasteiger partial charge in [0.25, 0.3) is 10.0 Å². The van der Waals surface area contributed by atoms with E-state index in [0.29, 0.717) is 5.69 Å². The maximum atomic E-state index is 12.6. The molecular formula is C14H14Cl2N2O5S. The number of hydrogen-bond acceptors (Lipinski definition) is 5. The molecule has 24 heavy (non-hydrogen) atoms. The van der Waals surface area contributed by atoms with Crippen LogP contribution in [0.25, 0.3) is 0 Å². The third-order valence-electron chi connectivity index (χ3n) is 3.08. The number of ether oxygens (including phenoxy) is 2. The maximum Gasteiger partial charge on any atom is 0.356 e. The van der Waals surface area contributed by atoms with E-state index in [1.165, 1.54) is 32.4 Å². The Labute approximate surface area is 148 Å². The summed E-state index contributed by atoms with van der Waals surface area (Å²) >= 11 is 12.0. The van der Waals surface area contributed by atoms with Gasteiger partial charge in [-0.2, -0.15) is 0 Å². The van der Waals surface area contributed by atoms with Gasteiger partial charge in [0, 0.05) is 11.8 Å². The van der Waals surface area contributed by atoms with Crippen LogP contribution in [0.5, 0.6) is 5.75 Å². The molecule has 0 saturated heterocycles. The molecule has 2 aromatic rings. The van der Waals surface area contributed by atoms with Gasteiger partial charge >= 0.3 is 5.97 Å². The van der Waals surface area contributed by atoms with Gasteiger partial charge in [-0.1, -0.05) is 23.2 Å². The average molecular weight is 393 g/mol. The number of halogens is 2. The molecule has 1 heterocycles. The quantitative estimate of drug-likeness (QED) is 0.761. The smallest absolute Gasteiger partial charge is 0.356 e. The highest BCUT2D eigenvalue weighted by molar-refractivity contribution is 7.92. The molecule has 130 valence electrons. The van der Waals surface area contributed by atoms with Crippen molar-refractivity contribution in [3.05, 3.63) is 39.6 Å². The van der Waals surface area contributed by atoms with E-state index in [1.807, 2.05) is 0 Å². The summed E-state index contributed by atoms with van der Waals surface area (Å²) in [5, 5.41) is 0.0105. The molecule has 0 spiro atoms. The van der Waals surface area contributed by atoms with Gasteiger partial charge in [0.15, 0.2) is 0 Å². The number of sulfonamides is 1. The van der Waals surface area contributed by atoms with Gasteiger partial charge in [-0.3, -0.25) is 4.72 Å². The van der Waals surface area contributed by atoms with Gasteiger partial charge in [-0.15, -0.1) is 0 Å². The number of H-pyrrole nitrogens is 1. The molecule has 0 amide bonds. The molecule has 0 aliphatic heterocycles. The lowest BCUT2D eigenvalue weighted by molar-refractivity contribution is 0.0596. The molecule has 0 aliphatic rings. The van der Waals surface area contributed by atoms with Crippen molar-refractivity contribution < 1.29 is 22.7 Å². The Morgan fingerprint density at radius 1 is 1.17 bits per heavy atom. The van der Waals surface area contributed by atoms with Crippen molar-refractivity contribution in [3.8, 4) is 5.75 Å². The number of methoxy groups -OCH3 is 2. The van der Waals surface area contributed by atoms with E-state index in [0.717, 1.165) is 0 Å². The molecule has 1 aromatic heterocycles. The molecule has 7 nitrogen and oxygen atoms in total. The normalized spacial score (nSPS) is 11.2. The minimum absolute atomic E-state index is 0.0192. The Hall–Kier alpha value is -1.90. The minimum atomic E-state index is -4.09. The van der Waals surface area contributed by atoms with Crippen molar-refractivity contribution in [1.29, 1.82) is 0 Å². The molecule has 0 aliphatic carbocycles. The molecule has 0 unspecified atom stereocenters. The van der Waals surface area contributed by atoms with E-state index in [1.54, 1.807) is 6.92 Å². The van der Waals surface area contributed by atoms with Gasteiger partial charge in [-0.05, 0) is 19.1 Å². The summed E-state index contributed by atoms with van der Waals surface area (Å²) in [5.41, 5.74) is 0.601. The molecule has 0 radical (unpaired) electrons. The van der Waals surface area contributed by atoms with Gasteiger partial charge in [-0.25, -0.2) is 13.2 Å². The number of aromatic amines is 1. The van der Waals surface area contributed by atoms with Crippen molar-refractivity contribution >= 4 is 44.9 Å². The molecule has 0 fully saturated rings. The molecule has 0 bridgehead atoms. The SMILES string of the molecule is COC(=O)c1[nH]c(C)cc1NS(=O)(=O)c1cc(Cl)c(OC)cc1Cl. The Morgan fingerprint density at radius 2 is 1.83 bits per heavy atom. The van der Waals surface area contributed by atoms with Gasteiger partial charge in [0.05, 0.1) is 30.0 Å². The summed E-state index contributed by atoms with van der Waals surface area (Å²) in [6.45, 7) is 1.67. The number of aryl methyl sites for hydroxylation is 1. The molecule has 2 rings (SSSR count). The number of anilines is 1. The van der Waals surface area contributed by atoms with E-state index < -0.39 is 16.0 Å². The Morgan fingerprint density at radius 3 is 2.42 bits per heavy atom. The molecule has 2 N–H and O–H groups in total. The average Bonchev–Trinajstić information content (AvgIpc) is 2.87. The lowest BCUT2D eigenvalue weighted by Gasteiger charge is -2.11. The van der Waals surface area contributed by atoms with E-state index in [4.69, 9.17) is 27.9 Å². The Kier molecular flexibility index (Phi) is 5.32. The summed E-state index contributed by atoms with van der Waals surface area (Å²) in [6.07, 6.45) is 0. The van der Waals surface area contributed by atoms with E-state index in [2.05, 4.69) is 14.4 Å². The lowest BCUT2D eigenvalue weighted by atomic mass is 10.3. The third kappa shape index (κ3) is 3.61. The Bertz CT molecular complexity index is 893. The fourth-order valence-electron chi connectivity index (χ4n) is 2.01. The number of rotatable bonds is 5. The molecular weight excluding hydrogens is 379 g/mol. The maximum absolute atomic E-state index is 12.6. The van der Waals surface area contributed by atoms with Crippen LogP contribution in [0.1, 0.15) is 16.2 Å². The number of carbonyl (C=O) groups is 1. The number of benzene rings is 1. The molecule has 1 aromatic carbocycles. The third-order valence-corrected chi connectivity index (χ3v) is 5.21. The largest absolute Gasteiger partial charge is 0.495 e. The van der Waals surface area contributed by atoms with Crippen molar-refractivity contribution in [1.82, 2.24) is 4.98 Å². The van der Waals surface area contributed by atoms with Crippen molar-refractivity contribution in [3.63, 3.8) is 0 Å². The van der Waals surface area contributed by atoms with Crippen LogP contribution in [-0.2, 0) is 14.8 Å². The van der Waals surface area contributed by atoms with Gasteiger partial charge in [0.1, 0.15) is 16.3 Å². The summed E-state index contributed by atoms with van der Waals surface area (Å²) in [7, 11) is -1.52. The summed E-state index contributed by atoms with van der Waals surface area (Å²) in [5.74, 6) is -0.465. The first kappa shape index (κ1) is 18.4. The highest BCUT2D eigenvalue weighted by atomic mass is 35.5. The predicted molar refractivity (Wildman–Crippen MR) is 90.7 cm³/mol. The van der Waals surface area contributed by atoms with E-state index in [-0.39, 0.29) is 32.1 Å². The number of nitrogens with one attached hydrogen (secondary N) is 2. The van der Waals surface area contributed by atoms with Crippen LogP contribution in [0, 0.1) is 6.92 Å². The summed E-state index contributed by atoms with van der Waals surface area (Å²) in [4.78, 5) is 14.2. The second-order valence-electron chi connectivity index (χ2n) is 4.76. The van der Waals surface area contributed by atoms with Gasteiger partial charge in [0.2, 0.25) is 0 Å². The zero-order chi connectivity index (χ0) is 18.1. The molecule has 0 atom stereocenters. The van der Waals surface area contributed by atoms with Crippen molar-refractivity contribution in [2.75, 3.05) is 18.9 Å². The first-order valence-electron chi connectivity index (χ1n) is 6.53. The topological polar surface area (TPSA) is 97.5 Å². The second kappa shape index (κ2) is 6.92. The highest BCUT2D eigenvalue weighted by Crippen LogP contribution is 2.34. The van der Waals surface area contributed by atoms with E-state index >= 15 is 0 Å². The van der Waals surface area contributed by atoms with Crippen molar-refractivity contribution in [2.45, 2.75) is 11.8 Å². The first-order valence-corrected chi connectivity index (χ1v) is 8.77. The number of esters is 1. The predicted octanol–water partition coefficient (Wildman–Crippen LogP) is 3.23. The van der Waals surface area contributed by atoms with Crippen LogP contribution in [0.4, 0.5) is 5.69 Å². The molecule has 0 saturated carbocycles. The number of carbonyl (C=O) groups excluding carboxylic acids is 1. The lowest BCUT2D eigenvalue weighted by Crippen LogP contribution is -2.16. The second-order valence-corrected chi connectivity index (χ2v) is 7.22. The Balaban J connectivity index is 2.47. The highest BCUT2D eigenvalue weighted by Gasteiger charge is 2.24. The number of hydrogen-bond donors (Lipinski definition) is 2. The van der Waals surface area contributed by atoms with Crippen molar-refractivity contribution in [2.24, 2.45) is 0 Å². The fraction of sp³-hybridized carbons (Fsp3) is 0.214. The van der Waals surface area contributed by atoms with Crippen LogP contribution in [0.3, 0.4) is 0 Å². The minimum Gasteiger partial charge on any atom is -0.495 e. The van der Waals surface area contributed by atoms with Gasteiger partial charge < -0.3 is 14.5 Å². The van der Waals surface area contributed by atoms with Crippen LogP contribution >= 0.6 is 23.2 Å². The van der Waals surface area contributed by atoms with Crippen LogP contribution < -0.4 is 9.46 Å². The van der Waals surface area contributed by atoms with Crippen LogP contribution in [-0.4, -0.2) is 33.6 Å². The van der Waals surface area contributed by atoms with Crippen LogP contribution in [0.2, 0.25) is 10.0 Å². The molecule has 10 heteroatoms. The van der Waals surface area contributed by atoms with E-state index in [9.17, 15) is 13.2 Å². The first-order chi connectivity index (χ1) is 11.2. The summed E-state index contributed by atoms with van der Waals surface area (Å²) in [6, 6.07) is 3.92. The zero-order valence-electron chi connectivity index (χ0n) is 12.9. The van der Waals surface area contributed by atoms with Crippen LogP contribution in [0.15, 0.2) is 23.1 Å². The number of aromatic nitrogens is 1. The fourth-order valence-corrected chi connectivity index (χ4v) is 3.92. The standard InChI is InChI=1S/C14H14Cl2N2O5S/c1-7-4-10(13(17-7)14(19)23-3)18-24(20,21)12-6-8(15)11(22-2)5-9(12)16/h4-6,17-18H,1-3H3.